The van der Waals surface area contributed by atoms with Crippen LogP contribution in [-0.2, 0) is 4.79 Å². The highest BCUT2D eigenvalue weighted by Gasteiger charge is 2.42. The predicted molar refractivity (Wildman–Crippen MR) is 154 cm³/mol. The third-order valence-corrected chi connectivity index (χ3v) is 7.29. The second kappa shape index (κ2) is 10.7. The van der Waals surface area contributed by atoms with Gasteiger partial charge in [0.25, 0.3) is 0 Å². The van der Waals surface area contributed by atoms with Gasteiger partial charge in [-0.1, -0.05) is 35.8 Å². The smallest absolute Gasteiger partial charge is 0.226 e. The summed E-state index contributed by atoms with van der Waals surface area (Å²) in [6.45, 7) is 5.65. The summed E-state index contributed by atoms with van der Waals surface area (Å²) in [5.74, 6) is 0.478. The summed E-state index contributed by atoms with van der Waals surface area (Å²) < 4.78 is 21.6. The normalized spacial score (nSPS) is 17.1. The SMILES string of the molecule is Cc1cc(N2C(=S)N[C@@H](c3ccccn3)[C@@H]2c2ccc(-c3ccc(Br)cc3F)o2)ccc1NC(=O)C(C)C. The minimum Gasteiger partial charge on any atom is -0.459 e. The predicted octanol–water partition coefficient (Wildman–Crippen LogP) is 7.32. The number of halogens is 2. The first-order valence-electron chi connectivity index (χ1n) is 12.2. The van der Waals surface area contributed by atoms with Crippen molar-refractivity contribution in [1.29, 1.82) is 0 Å². The number of aryl methyl sites for hydroxylation is 1. The van der Waals surface area contributed by atoms with Gasteiger partial charge in [0, 0.05) is 28.0 Å². The molecular formula is C29H26BrFN4O2S. The number of nitrogens with zero attached hydrogens (tertiary/aromatic N) is 2. The lowest BCUT2D eigenvalue weighted by Gasteiger charge is -2.27. The lowest BCUT2D eigenvalue weighted by Crippen LogP contribution is -2.29. The number of anilines is 2. The van der Waals surface area contributed by atoms with E-state index in [1.807, 2.05) is 68.1 Å². The minimum atomic E-state index is -0.389. The maximum Gasteiger partial charge on any atom is 0.226 e. The van der Waals surface area contributed by atoms with E-state index in [-0.39, 0.29) is 29.7 Å². The Morgan fingerprint density at radius 3 is 2.66 bits per heavy atom. The molecule has 4 aromatic rings. The van der Waals surface area contributed by atoms with Gasteiger partial charge >= 0.3 is 0 Å². The van der Waals surface area contributed by atoms with Gasteiger partial charge in [0.2, 0.25) is 5.91 Å². The molecule has 1 fully saturated rings. The van der Waals surface area contributed by atoms with Crippen molar-refractivity contribution in [2.75, 3.05) is 10.2 Å². The van der Waals surface area contributed by atoms with E-state index >= 15 is 0 Å². The maximum atomic E-state index is 14.7. The summed E-state index contributed by atoms with van der Waals surface area (Å²) in [5.41, 5.74) is 3.65. The Bertz CT molecular complexity index is 1510. The Kier molecular flexibility index (Phi) is 7.32. The van der Waals surface area contributed by atoms with Crippen molar-refractivity contribution in [3.05, 3.63) is 100 Å². The highest BCUT2D eigenvalue weighted by molar-refractivity contribution is 9.10. The number of carbonyl (C=O) groups is 1. The van der Waals surface area contributed by atoms with Crippen molar-refractivity contribution < 1.29 is 13.6 Å². The molecule has 6 nitrogen and oxygen atoms in total. The summed E-state index contributed by atoms with van der Waals surface area (Å²) in [7, 11) is 0. The monoisotopic (exact) mass is 592 g/mol. The Labute approximate surface area is 234 Å². The number of hydrogen-bond donors (Lipinski definition) is 2. The third kappa shape index (κ3) is 5.08. The zero-order chi connectivity index (χ0) is 27.0. The van der Waals surface area contributed by atoms with Crippen LogP contribution in [0.4, 0.5) is 15.8 Å². The summed E-state index contributed by atoms with van der Waals surface area (Å²) >= 11 is 9.11. The number of pyridine rings is 1. The van der Waals surface area contributed by atoms with E-state index in [1.165, 1.54) is 6.07 Å². The van der Waals surface area contributed by atoms with Crippen LogP contribution in [0.3, 0.4) is 0 Å². The molecule has 38 heavy (non-hydrogen) atoms. The number of aromatic nitrogens is 1. The van der Waals surface area contributed by atoms with Crippen molar-refractivity contribution in [3.63, 3.8) is 0 Å². The number of rotatable bonds is 6. The molecule has 0 unspecified atom stereocenters. The zero-order valence-electron chi connectivity index (χ0n) is 21.0. The van der Waals surface area contributed by atoms with Gasteiger partial charge in [0.05, 0.1) is 17.3 Å². The van der Waals surface area contributed by atoms with Crippen LogP contribution in [0.25, 0.3) is 11.3 Å². The van der Waals surface area contributed by atoms with Gasteiger partial charge in [-0.25, -0.2) is 4.39 Å². The molecule has 0 spiro atoms. The molecule has 0 saturated carbocycles. The third-order valence-electron chi connectivity index (χ3n) is 6.48. The van der Waals surface area contributed by atoms with Gasteiger partial charge in [-0.15, -0.1) is 0 Å². The van der Waals surface area contributed by atoms with Crippen molar-refractivity contribution in [1.82, 2.24) is 10.3 Å². The number of amides is 1. The Hall–Kier alpha value is -3.56. The lowest BCUT2D eigenvalue weighted by molar-refractivity contribution is -0.118. The Balaban J connectivity index is 1.56. The molecule has 0 bridgehead atoms. The summed E-state index contributed by atoms with van der Waals surface area (Å²) in [5, 5.41) is 6.89. The fourth-order valence-electron chi connectivity index (χ4n) is 4.48. The van der Waals surface area contributed by atoms with Gasteiger partial charge < -0.3 is 20.0 Å². The molecule has 3 heterocycles. The second-order valence-corrected chi connectivity index (χ2v) is 10.8. The molecule has 5 rings (SSSR count). The van der Waals surface area contributed by atoms with Crippen molar-refractivity contribution in [2.45, 2.75) is 32.9 Å². The summed E-state index contributed by atoms with van der Waals surface area (Å²) in [6.07, 6.45) is 1.74. The average molecular weight is 594 g/mol. The number of hydrogen-bond acceptors (Lipinski definition) is 4. The second-order valence-electron chi connectivity index (χ2n) is 9.47. The van der Waals surface area contributed by atoms with Crippen LogP contribution in [0.15, 0.2) is 81.8 Å². The first-order valence-corrected chi connectivity index (χ1v) is 13.4. The van der Waals surface area contributed by atoms with Gasteiger partial charge in [0.1, 0.15) is 23.4 Å². The fraction of sp³-hybridized carbons (Fsp3) is 0.207. The van der Waals surface area contributed by atoms with Crippen molar-refractivity contribution >= 4 is 50.5 Å². The largest absolute Gasteiger partial charge is 0.459 e. The van der Waals surface area contributed by atoms with E-state index in [0.29, 0.717) is 26.7 Å². The van der Waals surface area contributed by atoms with Crippen LogP contribution < -0.4 is 15.5 Å². The molecule has 0 aliphatic carbocycles. The van der Waals surface area contributed by atoms with E-state index in [0.717, 1.165) is 22.6 Å². The van der Waals surface area contributed by atoms with Crippen molar-refractivity contribution in [2.24, 2.45) is 5.92 Å². The number of nitrogens with one attached hydrogen (secondary N) is 2. The maximum absolute atomic E-state index is 14.7. The van der Waals surface area contributed by atoms with Crippen LogP contribution in [0.2, 0.25) is 0 Å². The van der Waals surface area contributed by atoms with Gasteiger partial charge in [0.15, 0.2) is 5.11 Å². The van der Waals surface area contributed by atoms with E-state index in [2.05, 4.69) is 31.5 Å². The van der Waals surface area contributed by atoms with Crippen LogP contribution in [0.1, 0.15) is 42.9 Å². The van der Waals surface area contributed by atoms with E-state index in [9.17, 15) is 9.18 Å². The minimum absolute atomic E-state index is 0.0457. The van der Waals surface area contributed by atoms with Crippen LogP contribution in [0.5, 0.6) is 0 Å². The van der Waals surface area contributed by atoms with Gasteiger partial charge in [-0.2, -0.15) is 0 Å². The number of furan rings is 1. The molecule has 2 N–H and O–H groups in total. The fourth-order valence-corrected chi connectivity index (χ4v) is 5.16. The topological polar surface area (TPSA) is 70.4 Å². The molecule has 194 valence electrons. The van der Waals surface area contributed by atoms with Gasteiger partial charge in [-0.3, -0.25) is 9.78 Å². The molecule has 1 amide bonds. The number of benzene rings is 2. The highest BCUT2D eigenvalue weighted by atomic mass is 79.9. The van der Waals surface area contributed by atoms with Crippen LogP contribution in [0, 0.1) is 18.7 Å². The van der Waals surface area contributed by atoms with Crippen molar-refractivity contribution in [3.8, 4) is 11.3 Å². The summed E-state index contributed by atoms with van der Waals surface area (Å²) in [4.78, 5) is 18.8. The average Bonchev–Trinajstić information content (AvgIpc) is 3.50. The molecular weight excluding hydrogens is 567 g/mol. The van der Waals surface area contributed by atoms with Crippen LogP contribution >= 0.6 is 28.1 Å². The van der Waals surface area contributed by atoms with E-state index < -0.39 is 0 Å². The molecule has 2 aromatic carbocycles. The standard InChI is InChI=1S/C29H26BrFN4O2S/c1-16(2)28(36)33-22-10-8-19(14-17(22)3)35-27(26(34-29(35)38)23-6-4-5-13-32-23)25-12-11-24(37-25)20-9-7-18(30)15-21(20)31/h4-16,26-27H,1-3H3,(H,33,36)(H,34,38)/t26-,27-/m0/s1. The first-order chi connectivity index (χ1) is 18.2. The summed E-state index contributed by atoms with van der Waals surface area (Å²) in [6, 6.07) is 19.3. The first kappa shape index (κ1) is 26.1. The Morgan fingerprint density at radius 1 is 1.16 bits per heavy atom. The Morgan fingerprint density at radius 2 is 1.97 bits per heavy atom. The quantitative estimate of drug-likeness (QED) is 0.228. The highest BCUT2D eigenvalue weighted by Crippen LogP contribution is 2.43. The van der Waals surface area contributed by atoms with Gasteiger partial charge in [-0.05, 0) is 85.4 Å². The lowest BCUT2D eigenvalue weighted by atomic mass is 10.0. The number of thiocarbonyl (C=S) groups is 1. The molecule has 2 atom stereocenters. The molecule has 1 saturated heterocycles. The molecule has 2 aromatic heterocycles. The molecule has 1 aliphatic heterocycles. The van der Waals surface area contributed by atoms with Crippen LogP contribution in [-0.4, -0.2) is 16.0 Å². The molecule has 0 radical (unpaired) electrons. The molecule has 1 aliphatic rings. The zero-order valence-corrected chi connectivity index (χ0v) is 23.4. The van der Waals surface area contributed by atoms with E-state index in [1.54, 1.807) is 24.4 Å². The molecule has 9 heteroatoms. The number of carbonyl (C=O) groups excluding carboxylic acids is 1. The van der Waals surface area contributed by atoms with E-state index in [4.69, 9.17) is 16.6 Å².